The van der Waals surface area contributed by atoms with Crippen LogP contribution in [-0.4, -0.2) is 31.8 Å². The van der Waals surface area contributed by atoms with E-state index < -0.39 is 26.7 Å². The van der Waals surface area contributed by atoms with Crippen molar-refractivity contribution in [1.82, 2.24) is 0 Å². The molecule has 19 heavy (non-hydrogen) atoms. The molecule has 0 bridgehead atoms. The molecule has 0 saturated carbocycles. The summed E-state index contributed by atoms with van der Waals surface area (Å²) in [6.45, 7) is 0. The largest absolute Gasteiger partial charge is 0.493 e. The average molecular weight is 283 g/mol. The molecule has 1 aromatic carbocycles. The molecule has 1 aliphatic heterocycles. The van der Waals surface area contributed by atoms with Crippen molar-refractivity contribution in [2.75, 3.05) is 7.11 Å². The monoisotopic (exact) mass is 283 g/mol. The van der Waals surface area contributed by atoms with Crippen LogP contribution in [0.25, 0.3) is 0 Å². The molecule has 0 atom stereocenters. The molecule has 1 aromatic rings. The highest BCUT2D eigenvalue weighted by molar-refractivity contribution is 8.08. The van der Waals surface area contributed by atoms with E-state index in [1.807, 2.05) is 0 Å². The Hall–Kier alpha value is -2.35. The second-order valence-corrected chi connectivity index (χ2v) is 5.16. The summed E-state index contributed by atoms with van der Waals surface area (Å²) in [7, 11) is -2.58. The molecule has 1 heterocycles. The Balaban J connectivity index is 2.35. The first-order chi connectivity index (χ1) is 8.94. The number of hydrogen-bond donors (Lipinski definition) is 1. The highest BCUT2D eigenvalue weighted by Crippen LogP contribution is 2.28. The van der Waals surface area contributed by atoms with Gasteiger partial charge in [-0.25, -0.2) is 13.2 Å². The van der Waals surface area contributed by atoms with Gasteiger partial charge in [0.15, 0.2) is 17.2 Å². The summed E-state index contributed by atoms with van der Waals surface area (Å²) in [4.78, 5) is 14.1. The van der Waals surface area contributed by atoms with E-state index in [9.17, 15) is 13.2 Å². The SMILES string of the molecule is COc1ccccc1OC1=NC(C(=O)O)=CS1(=O)=O. The first-order valence-corrected chi connectivity index (χ1v) is 6.58. The number of nitrogens with zero attached hydrogens (tertiary/aromatic N) is 1. The van der Waals surface area contributed by atoms with Crippen molar-refractivity contribution in [3.63, 3.8) is 0 Å². The van der Waals surface area contributed by atoms with Crippen molar-refractivity contribution < 1.29 is 27.8 Å². The predicted molar refractivity (Wildman–Crippen MR) is 65.7 cm³/mol. The molecular weight excluding hydrogens is 274 g/mol. The lowest BCUT2D eigenvalue weighted by atomic mass is 10.3. The topological polar surface area (TPSA) is 102 Å². The van der Waals surface area contributed by atoms with E-state index in [1.165, 1.54) is 13.2 Å². The van der Waals surface area contributed by atoms with E-state index in [2.05, 4.69) is 4.99 Å². The molecule has 8 heteroatoms. The van der Waals surface area contributed by atoms with E-state index in [0.717, 1.165) is 0 Å². The number of carbonyl (C=O) groups is 1. The van der Waals surface area contributed by atoms with Crippen LogP contribution in [0.4, 0.5) is 0 Å². The standard InChI is InChI=1S/C11H9NO6S/c1-17-8-4-2-3-5-9(8)18-11-12-7(10(13)14)6-19(11,15)16/h2-6H,1H3,(H,13,14). The fourth-order valence-electron chi connectivity index (χ4n) is 1.36. The zero-order chi connectivity index (χ0) is 14.0. The third kappa shape index (κ3) is 2.58. The highest BCUT2D eigenvalue weighted by atomic mass is 32.2. The maximum atomic E-state index is 11.6. The zero-order valence-electron chi connectivity index (χ0n) is 9.73. The van der Waals surface area contributed by atoms with Crippen LogP contribution in [0.2, 0.25) is 0 Å². The molecule has 2 rings (SSSR count). The van der Waals surface area contributed by atoms with Gasteiger partial charge in [0, 0.05) is 0 Å². The summed E-state index contributed by atoms with van der Waals surface area (Å²) < 4.78 is 33.4. The van der Waals surface area contributed by atoms with E-state index in [0.29, 0.717) is 11.2 Å². The summed E-state index contributed by atoms with van der Waals surface area (Å²) >= 11 is 0. The third-order valence-corrected chi connectivity index (χ3v) is 3.40. The second kappa shape index (κ2) is 4.73. The quantitative estimate of drug-likeness (QED) is 0.879. The zero-order valence-corrected chi connectivity index (χ0v) is 10.5. The lowest BCUT2D eigenvalue weighted by Gasteiger charge is -2.08. The fraction of sp³-hybridized carbons (Fsp3) is 0.0909. The second-order valence-electron chi connectivity index (χ2n) is 3.48. The van der Waals surface area contributed by atoms with Crippen molar-refractivity contribution in [3.8, 4) is 11.5 Å². The van der Waals surface area contributed by atoms with Crippen LogP contribution in [0.15, 0.2) is 40.4 Å². The van der Waals surface area contributed by atoms with Gasteiger partial charge in [-0.1, -0.05) is 12.1 Å². The minimum atomic E-state index is -3.98. The maximum Gasteiger partial charge on any atom is 0.355 e. The molecule has 0 saturated heterocycles. The van der Waals surface area contributed by atoms with Crippen LogP contribution >= 0.6 is 0 Å². The van der Waals surface area contributed by atoms with Gasteiger partial charge in [-0.2, -0.15) is 4.99 Å². The summed E-state index contributed by atoms with van der Waals surface area (Å²) in [5.41, 5.74) is -0.593. The normalized spacial score (nSPS) is 16.5. The molecule has 0 fully saturated rings. The smallest absolute Gasteiger partial charge is 0.355 e. The summed E-state index contributed by atoms with van der Waals surface area (Å²) in [5, 5.41) is 8.57. The van der Waals surface area contributed by atoms with Crippen LogP contribution in [0.3, 0.4) is 0 Å². The van der Waals surface area contributed by atoms with Crippen molar-refractivity contribution in [2.24, 2.45) is 4.99 Å². The number of benzene rings is 1. The lowest BCUT2D eigenvalue weighted by molar-refractivity contribution is -0.132. The molecule has 0 aliphatic carbocycles. The van der Waals surface area contributed by atoms with Gasteiger partial charge in [-0.3, -0.25) is 0 Å². The Morgan fingerprint density at radius 1 is 1.26 bits per heavy atom. The van der Waals surface area contributed by atoms with E-state index >= 15 is 0 Å². The lowest BCUT2D eigenvalue weighted by Crippen LogP contribution is -2.16. The van der Waals surface area contributed by atoms with E-state index in [1.54, 1.807) is 18.2 Å². The molecule has 0 aromatic heterocycles. The van der Waals surface area contributed by atoms with Gasteiger partial charge in [-0.15, -0.1) is 0 Å². The van der Waals surface area contributed by atoms with Crippen molar-refractivity contribution in [3.05, 3.63) is 35.4 Å². The van der Waals surface area contributed by atoms with Gasteiger partial charge in [0.1, 0.15) is 0 Å². The first-order valence-electron chi connectivity index (χ1n) is 5.03. The minimum Gasteiger partial charge on any atom is -0.493 e. The Kier molecular flexibility index (Phi) is 3.26. The Labute approximate surface area is 108 Å². The van der Waals surface area contributed by atoms with Crippen molar-refractivity contribution in [1.29, 1.82) is 0 Å². The van der Waals surface area contributed by atoms with Gasteiger partial charge in [0.05, 0.1) is 12.5 Å². The number of carboxylic acids is 1. The number of ether oxygens (including phenoxy) is 2. The molecule has 1 N–H and O–H groups in total. The molecule has 0 amide bonds. The van der Waals surface area contributed by atoms with E-state index in [-0.39, 0.29) is 5.75 Å². The molecule has 0 radical (unpaired) electrons. The summed E-state index contributed by atoms with van der Waals surface area (Å²) in [6.07, 6.45) is 0. The van der Waals surface area contributed by atoms with E-state index in [4.69, 9.17) is 14.6 Å². The first kappa shape index (κ1) is 13.1. The fourth-order valence-corrected chi connectivity index (χ4v) is 2.34. The number of hydrogen-bond acceptors (Lipinski definition) is 6. The average Bonchev–Trinajstić information content (AvgIpc) is 2.66. The number of aliphatic imine (C=N–C) groups is 1. The van der Waals surface area contributed by atoms with Crippen LogP contribution in [0, 0.1) is 0 Å². The maximum absolute atomic E-state index is 11.6. The van der Waals surface area contributed by atoms with Gasteiger partial charge in [0.2, 0.25) is 0 Å². The number of rotatable bonds is 3. The van der Waals surface area contributed by atoms with Gasteiger partial charge in [-0.05, 0) is 12.1 Å². The Morgan fingerprint density at radius 3 is 2.42 bits per heavy atom. The van der Waals surface area contributed by atoms with Gasteiger partial charge >= 0.3 is 11.2 Å². The number of para-hydroxylation sites is 2. The van der Waals surface area contributed by atoms with Gasteiger partial charge in [0.25, 0.3) is 9.84 Å². The summed E-state index contributed by atoms with van der Waals surface area (Å²) in [5.74, 6) is -1.00. The molecule has 0 unspecified atom stereocenters. The molecule has 0 spiro atoms. The highest BCUT2D eigenvalue weighted by Gasteiger charge is 2.31. The molecule has 1 aliphatic rings. The molecule has 7 nitrogen and oxygen atoms in total. The number of carboxylic acid groups (broad SMARTS) is 1. The third-order valence-electron chi connectivity index (χ3n) is 2.21. The van der Waals surface area contributed by atoms with Crippen molar-refractivity contribution in [2.45, 2.75) is 0 Å². The molecular formula is C11H9NO6S. The number of aliphatic carboxylic acids is 1. The number of methoxy groups -OCH3 is 1. The Morgan fingerprint density at radius 2 is 1.89 bits per heavy atom. The van der Waals surface area contributed by atoms with Crippen molar-refractivity contribution >= 4 is 21.0 Å². The predicted octanol–water partition coefficient (Wildman–Crippen LogP) is 0.784. The van der Waals surface area contributed by atoms with Crippen LogP contribution in [0.1, 0.15) is 0 Å². The van der Waals surface area contributed by atoms with Crippen LogP contribution in [-0.2, 0) is 14.6 Å². The minimum absolute atomic E-state index is 0.132. The van der Waals surface area contributed by atoms with Gasteiger partial charge < -0.3 is 14.6 Å². The van der Waals surface area contributed by atoms with Crippen LogP contribution < -0.4 is 9.47 Å². The van der Waals surface area contributed by atoms with Crippen LogP contribution in [0.5, 0.6) is 11.5 Å². The Bertz CT molecular complexity index is 689. The molecule has 100 valence electrons. The number of sulfone groups is 1. The summed E-state index contributed by atoms with van der Waals surface area (Å²) in [6, 6.07) is 6.35.